The molecule has 0 saturated carbocycles. The minimum atomic E-state index is -0.878. The van der Waals surface area contributed by atoms with Gasteiger partial charge in [0, 0.05) is 33.8 Å². The molecule has 5 heteroatoms. The van der Waals surface area contributed by atoms with Gasteiger partial charge in [0.1, 0.15) is 5.58 Å². The van der Waals surface area contributed by atoms with Crippen molar-refractivity contribution in [3.63, 3.8) is 0 Å². The molecule has 3 aromatic heterocycles. The second-order valence-electron chi connectivity index (χ2n) is 7.10. The Labute approximate surface area is 165 Å². The lowest BCUT2D eigenvalue weighted by Gasteiger charge is -2.08. The van der Waals surface area contributed by atoms with E-state index < -0.39 is 11.6 Å². The highest BCUT2D eigenvalue weighted by molar-refractivity contribution is 6.09. The van der Waals surface area contributed by atoms with Crippen molar-refractivity contribution in [2.24, 2.45) is 0 Å². The van der Waals surface area contributed by atoms with Crippen LogP contribution in [0.1, 0.15) is 11.3 Å². The zero-order chi connectivity index (χ0) is 20.1. The highest BCUT2D eigenvalue weighted by Gasteiger charge is 2.16. The van der Waals surface area contributed by atoms with Crippen LogP contribution in [0.4, 0.5) is 8.78 Å². The molecule has 0 atom stereocenters. The van der Waals surface area contributed by atoms with Crippen molar-refractivity contribution >= 4 is 22.1 Å². The fourth-order valence-corrected chi connectivity index (χ4v) is 3.62. The van der Waals surface area contributed by atoms with E-state index in [1.54, 1.807) is 6.20 Å². The Morgan fingerprint density at radius 3 is 2.34 bits per heavy atom. The molecule has 0 N–H and O–H groups in total. The van der Waals surface area contributed by atoms with Gasteiger partial charge in [-0.25, -0.2) is 13.8 Å². The summed E-state index contributed by atoms with van der Waals surface area (Å²) in [5.41, 5.74) is 6.19. The number of aryl methyl sites for hydroxylation is 2. The molecule has 29 heavy (non-hydrogen) atoms. The molecule has 3 nitrogen and oxygen atoms in total. The van der Waals surface area contributed by atoms with E-state index in [2.05, 4.69) is 9.97 Å². The molecule has 0 radical (unpaired) electrons. The normalized spacial score (nSPS) is 11.4. The van der Waals surface area contributed by atoms with Gasteiger partial charge >= 0.3 is 0 Å². The monoisotopic (exact) mass is 386 g/mol. The van der Waals surface area contributed by atoms with Crippen LogP contribution in [0.15, 0.2) is 65.2 Å². The Morgan fingerprint density at radius 2 is 1.59 bits per heavy atom. The van der Waals surface area contributed by atoms with Crippen LogP contribution in [0.25, 0.3) is 44.5 Å². The number of benzene rings is 2. The maximum absolute atomic E-state index is 13.6. The summed E-state index contributed by atoms with van der Waals surface area (Å²) in [4.78, 5) is 9.07. The number of furan rings is 1. The van der Waals surface area contributed by atoms with Crippen LogP contribution in [-0.2, 0) is 0 Å². The molecule has 142 valence electrons. The predicted molar refractivity (Wildman–Crippen MR) is 110 cm³/mol. The zero-order valence-electron chi connectivity index (χ0n) is 15.8. The number of hydrogen-bond donors (Lipinski definition) is 0. The van der Waals surface area contributed by atoms with Gasteiger partial charge in [0.2, 0.25) is 5.71 Å². The topological polar surface area (TPSA) is 38.9 Å². The first-order chi connectivity index (χ1) is 14.0. The van der Waals surface area contributed by atoms with Crippen molar-refractivity contribution in [2.45, 2.75) is 13.8 Å². The van der Waals surface area contributed by atoms with E-state index in [4.69, 9.17) is 4.42 Å². The third-order valence-electron chi connectivity index (χ3n) is 5.13. The SMILES string of the molecule is Cc1ccc2c(n1)oc1c(-c3ccc(-c4ccc(F)c(F)c4)cn3)c(C)ccc12. The van der Waals surface area contributed by atoms with Crippen LogP contribution in [0, 0.1) is 25.5 Å². The quantitative estimate of drug-likeness (QED) is 0.343. The smallest absolute Gasteiger partial charge is 0.227 e. The predicted octanol–water partition coefficient (Wildman–Crippen LogP) is 6.61. The van der Waals surface area contributed by atoms with E-state index in [0.29, 0.717) is 16.8 Å². The highest BCUT2D eigenvalue weighted by atomic mass is 19.2. The molecule has 2 aromatic carbocycles. The molecule has 0 fully saturated rings. The zero-order valence-corrected chi connectivity index (χ0v) is 15.8. The summed E-state index contributed by atoms with van der Waals surface area (Å²) in [6.07, 6.45) is 1.66. The van der Waals surface area contributed by atoms with Crippen LogP contribution in [0.3, 0.4) is 0 Å². The van der Waals surface area contributed by atoms with Crippen LogP contribution in [0.2, 0.25) is 0 Å². The molecule has 0 aliphatic rings. The van der Waals surface area contributed by atoms with Gasteiger partial charge in [-0.1, -0.05) is 24.3 Å². The Balaban J connectivity index is 1.66. The number of aromatic nitrogens is 2. The molecule has 0 aliphatic heterocycles. The summed E-state index contributed by atoms with van der Waals surface area (Å²) in [5.74, 6) is -1.74. The van der Waals surface area contributed by atoms with Gasteiger partial charge in [0.25, 0.3) is 0 Å². The molecule has 0 unspecified atom stereocenters. The van der Waals surface area contributed by atoms with E-state index in [0.717, 1.165) is 44.9 Å². The maximum Gasteiger partial charge on any atom is 0.227 e. The second-order valence-corrected chi connectivity index (χ2v) is 7.10. The molecule has 0 aliphatic carbocycles. The third-order valence-corrected chi connectivity index (χ3v) is 5.13. The van der Waals surface area contributed by atoms with Crippen molar-refractivity contribution in [2.75, 3.05) is 0 Å². The highest BCUT2D eigenvalue weighted by Crippen LogP contribution is 2.37. The van der Waals surface area contributed by atoms with Gasteiger partial charge in [-0.3, -0.25) is 4.98 Å². The van der Waals surface area contributed by atoms with Crippen molar-refractivity contribution in [1.82, 2.24) is 9.97 Å². The Hall–Kier alpha value is -3.60. The number of pyridine rings is 2. The number of hydrogen-bond acceptors (Lipinski definition) is 3. The average Bonchev–Trinajstić information content (AvgIpc) is 3.07. The minimum absolute atomic E-state index is 0.571. The summed E-state index contributed by atoms with van der Waals surface area (Å²) in [7, 11) is 0. The van der Waals surface area contributed by atoms with E-state index in [-0.39, 0.29) is 0 Å². The molecule has 5 rings (SSSR count). The average molecular weight is 386 g/mol. The van der Waals surface area contributed by atoms with Crippen molar-refractivity contribution in [1.29, 1.82) is 0 Å². The lowest BCUT2D eigenvalue weighted by molar-refractivity contribution is 0.509. The van der Waals surface area contributed by atoms with Crippen LogP contribution in [0.5, 0.6) is 0 Å². The largest absolute Gasteiger partial charge is 0.437 e. The number of halogens is 2. The minimum Gasteiger partial charge on any atom is -0.437 e. The number of fused-ring (bicyclic) bond motifs is 3. The van der Waals surface area contributed by atoms with Crippen LogP contribution < -0.4 is 0 Å². The first-order valence-electron chi connectivity index (χ1n) is 9.22. The Kier molecular flexibility index (Phi) is 3.91. The molecule has 0 spiro atoms. The molecular formula is C24H16F2N2O. The van der Waals surface area contributed by atoms with Gasteiger partial charge in [0.05, 0.1) is 5.69 Å². The van der Waals surface area contributed by atoms with E-state index in [9.17, 15) is 8.78 Å². The van der Waals surface area contributed by atoms with E-state index in [1.807, 2.05) is 50.2 Å². The molecule has 0 amide bonds. The summed E-state index contributed by atoms with van der Waals surface area (Å²) < 4.78 is 32.9. The fourth-order valence-electron chi connectivity index (χ4n) is 3.62. The molecule has 3 heterocycles. The standard InChI is InChI=1S/C24H16F2N2O/c1-13-3-7-17-18-8-4-14(2)28-24(18)29-23(17)22(13)21-10-6-16(12-27-21)15-5-9-19(25)20(26)11-15/h3-12H,1-2H3. The summed E-state index contributed by atoms with van der Waals surface area (Å²) in [5, 5.41) is 1.95. The van der Waals surface area contributed by atoms with Gasteiger partial charge < -0.3 is 4.42 Å². The first kappa shape index (κ1) is 17.5. The van der Waals surface area contributed by atoms with Crippen molar-refractivity contribution in [3.8, 4) is 22.4 Å². The number of nitrogens with zero attached hydrogens (tertiary/aromatic N) is 2. The van der Waals surface area contributed by atoms with Crippen molar-refractivity contribution < 1.29 is 13.2 Å². The first-order valence-corrected chi connectivity index (χ1v) is 9.22. The lowest BCUT2D eigenvalue weighted by Crippen LogP contribution is -1.90. The summed E-state index contributed by atoms with van der Waals surface area (Å²) >= 11 is 0. The van der Waals surface area contributed by atoms with Gasteiger partial charge in [-0.2, -0.15) is 0 Å². The molecular weight excluding hydrogens is 370 g/mol. The number of rotatable bonds is 2. The third kappa shape index (κ3) is 2.86. The Morgan fingerprint density at radius 1 is 0.793 bits per heavy atom. The van der Waals surface area contributed by atoms with E-state index in [1.165, 1.54) is 12.1 Å². The van der Waals surface area contributed by atoms with Crippen LogP contribution in [-0.4, -0.2) is 9.97 Å². The van der Waals surface area contributed by atoms with Gasteiger partial charge in [-0.15, -0.1) is 0 Å². The lowest BCUT2D eigenvalue weighted by atomic mass is 10.00. The van der Waals surface area contributed by atoms with Gasteiger partial charge in [0.15, 0.2) is 11.6 Å². The van der Waals surface area contributed by atoms with Crippen LogP contribution >= 0.6 is 0 Å². The summed E-state index contributed by atoms with van der Waals surface area (Å²) in [6.45, 7) is 3.93. The van der Waals surface area contributed by atoms with Gasteiger partial charge in [-0.05, 0) is 55.3 Å². The molecule has 0 saturated heterocycles. The fraction of sp³-hybridized carbons (Fsp3) is 0.0833. The molecule has 0 bridgehead atoms. The molecule has 5 aromatic rings. The Bertz CT molecular complexity index is 1390. The maximum atomic E-state index is 13.6. The van der Waals surface area contributed by atoms with E-state index >= 15 is 0 Å². The second kappa shape index (κ2) is 6.48. The summed E-state index contributed by atoms with van der Waals surface area (Å²) in [6, 6.07) is 15.6. The van der Waals surface area contributed by atoms with Crippen molar-refractivity contribution in [3.05, 3.63) is 83.7 Å².